The second-order valence-electron chi connectivity index (χ2n) is 7.91. The molecule has 2 N–H and O–H groups in total. The minimum absolute atomic E-state index is 0.0210. The highest BCUT2D eigenvalue weighted by atomic mass is 35.5. The third kappa shape index (κ3) is 4.75. The number of rotatable bonds is 6. The number of aromatic nitrogens is 1. The third-order valence-corrected chi connectivity index (χ3v) is 7.64. The lowest BCUT2D eigenvalue weighted by atomic mass is 9.88. The summed E-state index contributed by atoms with van der Waals surface area (Å²) in [6, 6.07) is 7.79. The van der Waals surface area contributed by atoms with Gasteiger partial charge in [-0.15, -0.1) is 11.3 Å². The maximum atomic E-state index is 15.0. The van der Waals surface area contributed by atoms with Gasteiger partial charge in [0.1, 0.15) is 22.1 Å². The molecular weight excluding hydrogens is 561 g/mol. The van der Waals surface area contributed by atoms with Crippen LogP contribution in [0.5, 0.6) is 0 Å². The van der Waals surface area contributed by atoms with E-state index in [4.69, 9.17) is 38.4 Å². The number of nitrogens with zero attached hydrogens (tertiary/aromatic N) is 1. The minimum atomic E-state index is -1.28. The molecule has 1 aromatic heterocycles. The van der Waals surface area contributed by atoms with Crippen molar-refractivity contribution in [1.82, 2.24) is 4.57 Å². The zero-order valence-corrected chi connectivity index (χ0v) is 22.3. The zero-order chi connectivity index (χ0) is 27.7. The number of carbonyl (C=O) groups excluding carboxylic acids is 2. The van der Waals surface area contributed by atoms with Gasteiger partial charge in [-0.25, -0.2) is 18.4 Å². The standard InChI is InChI=1S/C26H20Cl2F2N2O5S/c1-3-36-25(34)12-7-5-9-15(29)13(12)11-17-23(33)32-22(31)20(26(35)37-4-2)19(21(28)24(32)38-17)18-14(27)8-6-10-16(18)30/h5-11,19H,3-4,31H2,1-2H3. The molecule has 1 aliphatic rings. The fourth-order valence-corrected chi connectivity index (χ4v) is 5.81. The van der Waals surface area contributed by atoms with Crippen LogP contribution in [0.2, 0.25) is 5.02 Å². The van der Waals surface area contributed by atoms with Gasteiger partial charge in [0.25, 0.3) is 5.56 Å². The summed E-state index contributed by atoms with van der Waals surface area (Å²) >= 11 is 13.8. The number of halogens is 4. The van der Waals surface area contributed by atoms with E-state index < -0.39 is 35.1 Å². The summed E-state index contributed by atoms with van der Waals surface area (Å²) in [6.45, 7) is 3.21. The maximum absolute atomic E-state index is 15.0. The van der Waals surface area contributed by atoms with E-state index in [0.29, 0.717) is 0 Å². The number of hydrogen-bond acceptors (Lipinski definition) is 7. The van der Waals surface area contributed by atoms with Crippen molar-refractivity contribution < 1.29 is 27.8 Å². The molecule has 0 aliphatic carbocycles. The number of ether oxygens (including phenoxy) is 2. The molecule has 198 valence electrons. The first-order valence-electron chi connectivity index (χ1n) is 11.3. The third-order valence-electron chi connectivity index (χ3n) is 5.69. The number of fused-ring (bicyclic) bond motifs is 1. The summed E-state index contributed by atoms with van der Waals surface area (Å²) in [4.78, 5) is 38.8. The van der Waals surface area contributed by atoms with Crippen LogP contribution in [-0.4, -0.2) is 29.7 Å². The van der Waals surface area contributed by atoms with Crippen molar-refractivity contribution in [3.63, 3.8) is 0 Å². The van der Waals surface area contributed by atoms with E-state index in [1.54, 1.807) is 13.8 Å². The van der Waals surface area contributed by atoms with E-state index in [9.17, 15) is 18.8 Å². The van der Waals surface area contributed by atoms with E-state index in [0.717, 1.165) is 28.0 Å². The molecule has 0 amide bonds. The van der Waals surface area contributed by atoms with Gasteiger partial charge in [-0.1, -0.05) is 35.3 Å². The van der Waals surface area contributed by atoms with Gasteiger partial charge in [-0.05, 0) is 44.2 Å². The van der Waals surface area contributed by atoms with E-state index in [1.165, 1.54) is 30.3 Å². The molecule has 0 spiro atoms. The summed E-state index contributed by atoms with van der Waals surface area (Å²) in [5.74, 6) is -4.83. The number of nitrogens with two attached hydrogens (primary N) is 1. The SMILES string of the molecule is CCOC(=O)C1=C(N)n2c(sc(=Cc3c(F)cccc3C(=O)OCC)c2=O)=C(Cl)C1c1c(F)cccc1Cl. The molecule has 38 heavy (non-hydrogen) atoms. The van der Waals surface area contributed by atoms with Crippen molar-refractivity contribution in [1.29, 1.82) is 0 Å². The quantitative estimate of drug-likeness (QED) is 0.446. The second kappa shape index (κ2) is 11.1. The molecule has 2 heterocycles. The Kier molecular flexibility index (Phi) is 8.05. The zero-order valence-electron chi connectivity index (χ0n) is 20.0. The van der Waals surface area contributed by atoms with Crippen molar-refractivity contribution in [3.8, 4) is 0 Å². The van der Waals surface area contributed by atoms with Crippen molar-refractivity contribution >= 4 is 63.4 Å². The normalized spacial score (nSPS) is 15.5. The summed E-state index contributed by atoms with van der Waals surface area (Å²) in [7, 11) is 0. The van der Waals surface area contributed by atoms with E-state index in [2.05, 4.69) is 0 Å². The van der Waals surface area contributed by atoms with E-state index in [-0.39, 0.29) is 60.5 Å². The molecule has 0 saturated heterocycles. The van der Waals surface area contributed by atoms with Gasteiger partial charge < -0.3 is 15.2 Å². The minimum Gasteiger partial charge on any atom is -0.463 e. The second-order valence-corrected chi connectivity index (χ2v) is 9.76. The van der Waals surface area contributed by atoms with Crippen LogP contribution in [0.4, 0.5) is 8.78 Å². The summed E-state index contributed by atoms with van der Waals surface area (Å²) in [6.07, 6.45) is 1.17. The lowest BCUT2D eigenvalue weighted by molar-refractivity contribution is -0.138. The van der Waals surface area contributed by atoms with Gasteiger partial charge >= 0.3 is 11.9 Å². The fraction of sp³-hybridized carbons (Fsp3) is 0.192. The molecule has 0 fully saturated rings. The van der Waals surface area contributed by atoms with Gasteiger partial charge in [-0.2, -0.15) is 0 Å². The van der Waals surface area contributed by atoms with Crippen molar-refractivity contribution in [3.05, 3.63) is 94.9 Å². The van der Waals surface area contributed by atoms with Gasteiger partial charge in [0.15, 0.2) is 0 Å². The molecule has 3 aromatic rings. The van der Waals surface area contributed by atoms with Crippen LogP contribution in [0.25, 0.3) is 16.9 Å². The van der Waals surface area contributed by atoms with Gasteiger partial charge in [-0.3, -0.25) is 9.36 Å². The molecule has 0 bridgehead atoms. The number of thiazole rings is 1. The molecule has 2 aromatic carbocycles. The molecule has 12 heteroatoms. The molecule has 1 unspecified atom stereocenters. The van der Waals surface area contributed by atoms with Gasteiger partial charge in [0.2, 0.25) is 0 Å². The van der Waals surface area contributed by atoms with Crippen LogP contribution in [0.1, 0.15) is 41.3 Å². The number of hydrogen-bond donors (Lipinski definition) is 1. The Labute approximate surface area is 229 Å². The Hall–Kier alpha value is -3.47. The lowest BCUT2D eigenvalue weighted by Crippen LogP contribution is -2.39. The highest BCUT2D eigenvalue weighted by Gasteiger charge is 2.38. The number of benzene rings is 2. The first-order chi connectivity index (χ1) is 18.1. The molecular formula is C26H20Cl2F2N2O5S. The summed E-state index contributed by atoms with van der Waals surface area (Å²) < 4.78 is 40.9. The summed E-state index contributed by atoms with van der Waals surface area (Å²) in [5, 5.41) is -0.137. The monoisotopic (exact) mass is 580 g/mol. The van der Waals surface area contributed by atoms with Crippen LogP contribution in [0, 0.1) is 11.6 Å². The molecule has 0 radical (unpaired) electrons. The highest BCUT2D eigenvalue weighted by molar-refractivity contribution is 7.08. The smallest absolute Gasteiger partial charge is 0.338 e. The Balaban J connectivity index is 2.06. The number of esters is 2. The Morgan fingerprint density at radius 3 is 2.34 bits per heavy atom. The Morgan fingerprint density at radius 2 is 1.68 bits per heavy atom. The van der Waals surface area contributed by atoms with Gasteiger partial charge in [0.05, 0.1) is 39.8 Å². The Morgan fingerprint density at radius 1 is 1.05 bits per heavy atom. The molecule has 0 saturated carbocycles. The predicted octanol–water partition coefficient (Wildman–Crippen LogP) is 3.68. The summed E-state index contributed by atoms with van der Waals surface area (Å²) in [5.41, 5.74) is 4.90. The molecule has 7 nitrogen and oxygen atoms in total. The van der Waals surface area contributed by atoms with Crippen LogP contribution >= 0.6 is 34.5 Å². The van der Waals surface area contributed by atoms with E-state index >= 15 is 4.39 Å². The highest BCUT2D eigenvalue weighted by Crippen LogP contribution is 2.42. The van der Waals surface area contributed by atoms with Crippen molar-refractivity contribution in [2.45, 2.75) is 19.8 Å². The fourth-order valence-electron chi connectivity index (χ4n) is 4.07. The first kappa shape index (κ1) is 27.6. The largest absolute Gasteiger partial charge is 0.463 e. The van der Waals surface area contributed by atoms with Crippen LogP contribution < -0.4 is 20.5 Å². The van der Waals surface area contributed by atoms with Gasteiger partial charge in [0, 0.05) is 16.1 Å². The average molecular weight is 581 g/mol. The average Bonchev–Trinajstić information content (AvgIpc) is 3.20. The topological polar surface area (TPSA) is 101 Å². The molecule has 1 aliphatic heterocycles. The predicted molar refractivity (Wildman–Crippen MR) is 141 cm³/mol. The van der Waals surface area contributed by atoms with Crippen LogP contribution in [0.3, 0.4) is 0 Å². The molecule has 4 rings (SSSR count). The van der Waals surface area contributed by atoms with Crippen LogP contribution in [-0.2, 0) is 14.3 Å². The van der Waals surface area contributed by atoms with Crippen LogP contribution in [0.15, 0.2) is 46.8 Å². The van der Waals surface area contributed by atoms with E-state index in [1.807, 2.05) is 0 Å². The van der Waals surface area contributed by atoms with Crippen molar-refractivity contribution in [2.75, 3.05) is 13.2 Å². The Bertz CT molecular complexity index is 1660. The maximum Gasteiger partial charge on any atom is 0.338 e. The number of carbonyl (C=O) groups is 2. The molecule has 1 atom stereocenters. The van der Waals surface area contributed by atoms with Crippen molar-refractivity contribution in [2.24, 2.45) is 5.73 Å². The lowest BCUT2D eigenvalue weighted by Gasteiger charge is -2.26. The first-order valence-corrected chi connectivity index (χ1v) is 12.9.